The average Bonchev–Trinajstić information content (AvgIpc) is 2.31. The zero-order valence-corrected chi connectivity index (χ0v) is 12.3. The van der Waals surface area contributed by atoms with Crippen LogP contribution in [0, 0.1) is 13.8 Å². The molecule has 0 saturated heterocycles. The standard InChI is InChI=1S/C13H15BrO4/c1-7-5-9(14)6-8(2)10(7)11(12(15)17-3)13(16)18-4/h5-6,11H,1-4H3. The van der Waals surface area contributed by atoms with Crippen LogP contribution in [0.3, 0.4) is 0 Å². The van der Waals surface area contributed by atoms with Crippen LogP contribution < -0.4 is 0 Å². The molecule has 5 heteroatoms. The van der Waals surface area contributed by atoms with E-state index in [-0.39, 0.29) is 0 Å². The number of halogens is 1. The van der Waals surface area contributed by atoms with Crippen molar-refractivity contribution < 1.29 is 19.1 Å². The fraction of sp³-hybridized carbons (Fsp3) is 0.385. The highest BCUT2D eigenvalue weighted by atomic mass is 79.9. The van der Waals surface area contributed by atoms with E-state index in [9.17, 15) is 9.59 Å². The molecule has 1 rings (SSSR count). The number of methoxy groups -OCH3 is 2. The maximum Gasteiger partial charge on any atom is 0.324 e. The lowest BCUT2D eigenvalue weighted by atomic mass is 9.91. The van der Waals surface area contributed by atoms with Crippen LogP contribution in [0.25, 0.3) is 0 Å². The van der Waals surface area contributed by atoms with Gasteiger partial charge in [-0.3, -0.25) is 9.59 Å². The molecule has 0 spiro atoms. The molecule has 0 unspecified atom stereocenters. The number of esters is 2. The molecule has 98 valence electrons. The Morgan fingerprint density at radius 1 is 1.06 bits per heavy atom. The molecule has 0 amide bonds. The number of carbonyl (C=O) groups is 2. The van der Waals surface area contributed by atoms with E-state index in [2.05, 4.69) is 25.4 Å². The lowest BCUT2D eigenvalue weighted by Gasteiger charge is -2.18. The Morgan fingerprint density at radius 2 is 1.44 bits per heavy atom. The van der Waals surface area contributed by atoms with E-state index in [1.54, 1.807) is 0 Å². The van der Waals surface area contributed by atoms with Gasteiger partial charge in [-0.15, -0.1) is 0 Å². The van der Waals surface area contributed by atoms with Crippen molar-refractivity contribution in [3.63, 3.8) is 0 Å². The van der Waals surface area contributed by atoms with Gasteiger partial charge in [-0.1, -0.05) is 15.9 Å². The van der Waals surface area contributed by atoms with Crippen LogP contribution in [-0.4, -0.2) is 26.2 Å². The van der Waals surface area contributed by atoms with Crippen molar-refractivity contribution in [2.45, 2.75) is 19.8 Å². The first-order chi connectivity index (χ1) is 8.42. The fourth-order valence-corrected chi connectivity index (χ4v) is 2.63. The van der Waals surface area contributed by atoms with Gasteiger partial charge in [0, 0.05) is 4.47 Å². The molecule has 0 atom stereocenters. The molecule has 0 radical (unpaired) electrons. The topological polar surface area (TPSA) is 52.6 Å². The number of carbonyl (C=O) groups excluding carboxylic acids is 2. The molecule has 0 aliphatic carbocycles. The van der Waals surface area contributed by atoms with Gasteiger partial charge in [0.25, 0.3) is 0 Å². The Bertz CT molecular complexity index is 443. The van der Waals surface area contributed by atoms with Crippen LogP contribution in [0.2, 0.25) is 0 Å². The molecular weight excluding hydrogens is 300 g/mol. The number of ether oxygens (including phenoxy) is 2. The zero-order valence-electron chi connectivity index (χ0n) is 10.7. The Morgan fingerprint density at radius 3 is 1.78 bits per heavy atom. The Balaban J connectivity index is 3.38. The SMILES string of the molecule is COC(=O)C(C(=O)OC)c1c(C)cc(Br)cc1C. The summed E-state index contributed by atoms with van der Waals surface area (Å²) in [5, 5.41) is 0. The molecule has 4 nitrogen and oxygen atoms in total. The number of hydrogen-bond acceptors (Lipinski definition) is 4. The minimum Gasteiger partial charge on any atom is -0.468 e. The van der Waals surface area contributed by atoms with Crippen LogP contribution in [0.5, 0.6) is 0 Å². The highest BCUT2D eigenvalue weighted by molar-refractivity contribution is 9.10. The molecule has 0 aliphatic rings. The highest BCUT2D eigenvalue weighted by Gasteiger charge is 2.33. The summed E-state index contributed by atoms with van der Waals surface area (Å²) < 4.78 is 10.3. The maximum atomic E-state index is 11.8. The number of rotatable bonds is 3. The highest BCUT2D eigenvalue weighted by Crippen LogP contribution is 2.29. The summed E-state index contributed by atoms with van der Waals surface area (Å²) in [6.07, 6.45) is 0. The predicted molar refractivity (Wildman–Crippen MR) is 70.4 cm³/mol. The molecule has 18 heavy (non-hydrogen) atoms. The molecule has 0 aromatic heterocycles. The second-order valence-corrected chi connectivity index (χ2v) is 4.85. The van der Waals surface area contributed by atoms with Gasteiger partial charge in [-0.05, 0) is 42.7 Å². The smallest absolute Gasteiger partial charge is 0.324 e. The van der Waals surface area contributed by atoms with E-state index in [0.29, 0.717) is 5.56 Å². The largest absolute Gasteiger partial charge is 0.468 e. The van der Waals surface area contributed by atoms with Gasteiger partial charge < -0.3 is 9.47 Å². The van der Waals surface area contributed by atoms with E-state index in [1.165, 1.54) is 14.2 Å². The van der Waals surface area contributed by atoms with E-state index >= 15 is 0 Å². The van der Waals surface area contributed by atoms with Crippen LogP contribution in [0.15, 0.2) is 16.6 Å². The summed E-state index contributed by atoms with van der Waals surface area (Å²) in [7, 11) is 2.50. The van der Waals surface area contributed by atoms with Crippen LogP contribution in [-0.2, 0) is 19.1 Å². The van der Waals surface area contributed by atoms with Crippen molar-refractivity contribution in [1.82, 2.24) is 0 Å². The monoisotopic (exact) mass is 314 g/mol. The third-order valence-electron chi connectivity index (χ3n) is 2.72. The van der Waals surface area contributed by atoms with E-state index in [0.717, 1.165) is 15.6 Å². The van der Waals surface area contributed by atoms with E-state index in [1.807, 2.05) is 26.0 Å². The van der Waals surface area contributed by atoms with Gasteiger partial charge in [-0.2, -0.15) is 0 Å². The summed E-state index contributed by atoms with van der Waals surface area (Å²) >= 11 is 3.37. The third kappa shape index (κ3) is 2.90. The average molecular weight is 315 g/mol. The predicted octanol–water partition coefficient (Wildman–Crippen LogP) is 2.50. The summed E-state index contributed by atoms with van der Waals surface area (Å²) in [4.78, 5) is 23.5. The Hall–Kier alpha value is -1.36. The number of aryl methyl sites for hydroxylation is 2. The van der Waals surface area contributed by atoms with Gasteiger partial charge in [0.15, 0.2) is 5.92 Å². The van der Waals surface area contributed by atoms with Gasteiger partial charge >= 0.3 is 11.9 Å². The van der Waals surface area contributed by atoms with Crippen molar-refractivity contribution >= 4 is 27.9 Å². The molecule has 0 N–H and O–H groups in total. The Labute approximate surface area is 114 Å². The molecule has 0 bridgehead atoms. The zero-order chi connectivity index (χ0) is 13.9. The summed E-state index contributed by atoms with van der Waals surface area (Å²) in [6.45, 7) is 3.68. The van der Waals surface area contributed by atoms with Crippen molar-refractivity contribution in [3.8, 4) is 0 Å². The molecule has 0 fully saturated rings. The van der Waals surface area contributed by atoms with Crippen LogP contribution in [0.4, 0.5) is 0 Å². The fourth-order valence-electron chi connectivity index (χ4n) is 1.94. The summed E-state index contributed by atoms with van der Waals surface area (Å²) in [5.41, 5.74) is 2.31. The lowest BCUT2D eigenvalue weighted by molar-refractivity contribution is -0.154. The summed E-state index contributed by atoms with van der Waals surface area (Å²) in [5.74, 6) is -2.26. The minimum absolute atomic E-state index is 0.615. The first kappa shape index (κ1) is 14.7. The van der Waals surface area contributed by atoms with Crippen LogP contribution >= 0.6 is 15.9 Å². The number of benzene rings is 1. The minimum atomic E-state index is -1.03. The number of hydrogen-bond donors (Lipinski definition) is 0. The van der Waals surface area contributed by atoms with Gasteiger partial charge in [-0.25, -0.2) is 0 Å². The third-order valence-corrected chi connectivity index (χ3v) is 3.18. The molecule has 0 heterocycles. The molecular formula is C13H15BrO4. The Kier molecular flexibility index (Phi) is 4.90. The quantitative estimate of drug-likeness (QED) is 0.635. The van der Waals surface area contributed by atoms with Crippen molar-refractivity contribution in [2.75, 3.05) is 14.2 Å². The second-order valence-electron chi connectivity index (χ2n) is 3.93. The first-order valence-corrected chi connectivity index (χ1v) is 6.14. The molecule has 1 aromatic carbocycles. The van der Waals surface area contributed by atoms with E-state index < -0.39 is 17.9 Å². The van der Waals surface area contributed by atoms with Crippen LogP contribution in [0.1, 0.15) is 22.6 Å². The van der Waals surface area contributed by atoms with E-state index in [4.69, 9.17) is 0 Å². The van der Waals surface area contributed by atoms with Crippen molar-refractivity contribution in [1.29, 1.82) is 0 Å². The second kappa shape index (κ2) is 6.00. The van der Waals surface area contributed by atoms with Gasteiger partial charge in [0.2, 0.25) is 0 Å². The molecule has 0 aliphatic heterocycles. The lowest BCUT2D eigenvalue weighted by Crippen LogP contribution is -2.26. The molecule has 0 saturated carbocycles. The normalized spacial score (nSPS) is 10.3. The summed E-state index contributed by atoms with van der Waals surface area (Å²) in [6, 6.07) is 3.70. The van der Waals surface area contributed by atoms with Crippen molar-refractivity contribution in [3.05, 3.63) is 33.3 Å². The van der Waals surface area contributed by atoms with Gasteiger partial charge in [0.1, 0.15) is 0 Å². The maximum absolute atomic E-state index is 11.8. The van der Waals surface area contributed by atoms with Gasteiger partial charge in [0.05, 0.1) is 14.2 Å². The van der Waals surface area contributed by atoms with Crippen molar-refractivity contribution in [2.24, 2.45) is 0 Å². The molecule has 1 aromatic rings. The first-order valence-electron chi connectivity index (χ1n) is 5.34.